The Balaban J connectivity index is 1.43. The smallest absolute Gasteiger partial charge is 0.0865 e. The van der Waals surface area contributed by atoms with Crippen molar-refractivity contribution in [1.29, 1.82) is 0 Å². The summed E-state index contributed by atoms with van der Waals surface area (Å²) in [6, 6.07) is 0. The predicted octanol–water partition coefficient (Wildman–Crippen LogP) is 2.96. The first-order valence-corrected chi connectivity index (χ1v) is 9.31. The maximum atomic E-state index is 6.57. The molecule has 0 aromatic rings. The zero-order chi connectivity index (χ0) is 18.1. The first kappa shape index (κ1) is 19.1. The summed E-state index contributed by atoms with van der Waals surface area (Å²) in [4.78, 5) is 0. The third-order valence-corrected chi connectivity index (χ3v) is 4.58. The zero-order valence-electron chi connectivity index (χ0n) is 15.2. The van der Waals surface area contributed by atoms with Gasteiger partial charge in [-0.05, 0) is 0 Å². The van der Waals surface area contributed by atoms with Crippen LogP contribution in [-0.4, -0.2) is 45.2 Å². The first-order valence-electron chi connectivity index (χ1n) is 9.31. The SMILES string of the molecule is NC(COCC1C=CC=C1)(COCC1C=CC=C1)COCC1C=CC=C1. The summed E-state index contributed by atoms with van der Waals surface area (Å²) in [5.74, 6) is 1.01. The molecule has 0 radical (unpaired) electrons. The molecule has 4 nitrogen and oxygen atoms in total. The summed E-state index contributed by atoms with van der Waals surface area (Å²) in [6.45, 7) is 3.14. The average molecular weight is 355 g/mol. The van der Waals surface area contributed by atoms with E-state index in [1.165, 1.54) is 0 Å². The van der Waals surface area contributed by atoms with Gasteiger partial charge in [0.2, 0.25) is 0 Å². The van der Waals surface area contributed by atoms with Crippen molar-refractivity contribution in [3.63, 3.8) is 0 Å². The Labute approximate surface area is 156 Å². The highest BCUT2D eigenvalue weighted by Gasteiger charge is 2.27. The molecule has 0 aromatic heterocycles. The Kier molecular flexibility index (Phi) is 7.21. The van der Waals surface area contributed by atoms with E-state index in [4.69, 9.17) is 19.9 Å². The number of rotatable bonds is 12. The second kappa shape index (κ2) is 9.83. The van der Waals surface area contributed by atoms with Crippen LogP contribution in [0.25, 0.3) is 0 Å². The molecule has 0 aliphatic heterocycles. The van der Waals surface area contributed by atoms with Gasteiger partial charge in [0.25, 0.3) is 0 Å². The van der Waals surface area contributed by atoms with E-state index in [1.54, 1.807) is 0 Å². The molecule has 0 bridgehead atoms. The van der Waals surface area contributed by atoms with Gasteiger partial charge >= 0.3 is 0 Å². The molecule has 0 heterocycles. The normalized spacial score (nSPS) is 19.7. The van der Waals surface area contributed by atoms with Gasteiger partial charge in [-0.2, -0.15) is 0 Å². The average Bonchev–Trinajstić information content (AvgIpc) is 3.39. The Morgan fingerprint density at radius 3 is 1.08 bits per heavy atom. The van der Waals surface area contributed by atoms with E-state index in [1.807, 2.05) is 36.5 Å². The molecule has 26 heavy (non-hydrogen) atoms. The number of hydrogen-bond acceptors (Lipinski definition) is 4. The zero-order valence-corrected chi connectivity index (χ0v) is 15.2. The third-order valence-electron chi connectivity index (χ3n) is 4.58. The fourth-order valence-corrected chi connectivity index (χ4v) is 3.09. The van der Waals surface area contributed by atoms with E-state index in [2.05, 4.69) is 36.5 Å². The quantitative estimate of drug-likeness (QED) is 0.585. The Hall–Kier alpha value is -1.72. The van der Waals surface area contributed by atoms with Crippen LogP contribution < -0.4 is 5.73 Å². The summed E-state index contributed by atoms with van der Waals surface area (Å²) < 4.78 is 17.7. The first-order chi connectivity index (χ1) is 12.7. The van der Waals surface area contributed by atoms with Gasteiger partial charge in [-0.3, -0.25) is 0 Å². The van der Waals surface area contributed by atoms with Crippen molar-refractivity contribution in [2.45, 2.75) is 5.54 Å². The molecule has 3 aliphatic carbocycles. The topological polar surface area (TPSA) is 53.7 Å². The highest BCUT2D eigenvalue weighted by molar-refractivity contribution is 5.18. The third kappa shape index (κ3) is 6.22. The van der Waals surface area contributed by atoms with Gasteiger partial charge in [-0.15, -0.1) is 0 Å². The van der Waals surface area contributed by atoms with Crippen LogP contribution >= 0.6 is 0 Å². The molecule has 3 rings (SSSR count). The Morgan fingerprint density at radius 1 is 0.538 bits per heavy atom. The molecule has 0 saturated heterocycles. The van der Waals surface area contributed by atoms with Crippen molar-refractivity contribution in [1.82, 2.24) is 0 Å². The number of nitrogens with two attached hydrogens (primary N) is 1. The predicted molar refractivity (Wildman–Crippen MR) is 105 cm³/mol. The standard InChI is InChI=1S/C22H29NO3/c23-22(16-24-13-19-7-1-2-8-19,17-25-14-20-9-3-4-10-20)18-26-15-21-11-5-6-12-21/h1-12,19-21H,13-18,23H2. The van der Waals surface area contributed by atoms with Crippen LogP contribution in [0.2, 0.25) is 0 Å². The minimum absolute atomic E-state index is 0.337. The van der Waals surface area contributed by atoms with E-state index in [0.717, 1.165) is 0 Å². The summed E-state index contributed by atoms with van der Waals surface area (Å²) >= 11 is 0. The van der Waals surface area contributed by atoms with E-state index < -0.39 is 5.54 Å². The Morgan fingerprint density at radius 2 is 0.808 bits per heavy atom. The van der Waals surface area contributed by atoms with Crippen LogP contribution in [0.3, 0.4) is 0 Å². The van der Waals surface area contributed by atoms with Gasteiger partial charge in [0.1, 0.15) is 0 Å². The maximum Gasteiger partial charge on any atom is 0.0865 e. The van der Waals surface area contributed by atoms with E-state index in [-0.39, 0.29) is 0 Å². The molecule has 0 fully saturated rings. The fraction of sp³-hybridized carbons (Fsp3) is 0.455. The van der Waals surface area contributed by atoms with Gasteiger partial charge < -0.3 is 19.9 Å². The van der Waals surface area contributed by atoms with Gasteiger partial charge in [-0.1, -0.05) is 72.9 Å². The molecule has 4 heteroatoms. The minimum atomic E-state index is -0.649. The van der Waals surface area contributed by atoms with Crippen LogP contribution in [0.15, 0.2) is 72.9 Å². The molecule has 0 atom stereocenters. The van der Waals surface area contributed by atoms with Gasteiger partial charge in [-0.25, -0.2) is 0 Å². The van der Waals surface area contributed by atoms with Crippen molar-refractivity contribution in [2.75, 3.05) is 39.6 Å². The molecule has 0 unspecified atom stereocenters. The lowest BCUT2D eigenvalue weighted by Crippen LogP contribution is -2.53. The van der Waals surface area contributed by atoms with E-state index >= 15 is 0 Å². The number of hydrogen-bond donors (Lipinski definition) is 1. The number of allylic oxidation sites excluding steroid dienone is 6. The van der Waals surface area contributed by atoms with Crippen molar-refractivity contribution in [3.8, 4) is 0 Å². The molecule has 3 aliphatic rings. The molecular weight excluding hydrogens is 326 g/mol. The molecular formula is C22H29NO3. The van der Waals surface area contributed by atoms with Crippen molar-refractivity contribution in [2.24, 2.45) is 23.5 Å². The van der Waals surface area contributed by atoms with Crippen LogP contribution in [0.4, 0.5) is 0 Å². The Bertz CT molecular complexity index is 495. The maximum absolute atomic E-state index is 6.57. The van der Waals surface area contributed by atoms with Crippen molar-refractivity contribution < 1.29 is 14.2 Å². The van der Waals surface area contributed by atoms with Crippen LogP contribution in [0.1, 0.15) is 0 Å². The molecule has 2 N–H and O–H groups in total. The van der Waals surface area contributed by atoms with Crippen LogP contribution in [0.5, 0.6) is 0 Å². The highest BCUT2D eigenvalue weighted by Crippen LogP contribution is 2.15. The lowest BCUT2D eigenvalue weighted by molar-refractivity contribution is -0.0286. The highest BCUT2D eigenvalue weighted by atomic mass is 16.5. The fourth-order valence-electron chi connectivity index (χ4n) is 3.09. The van der Waals surface area contributed by atoms with E-state index in [0.29, 0.717) is 57.4 Å². The largest absolute Gasteiger partial charge is 0.378 e. The van der Waals surface area contributed by atoms with Gasteiger partial charge in [0.15, 0.2) is 0 Å². The monoisotopic (exact) mass is 355 g/mol. The lowest BCUT2D eigenvalue weighted by Gasteiger charge is -2.30. The minimum Gasteiger partial charge on any atom is -0.378 e. The molecule has 0 aromatic carbocycles. The molecule has 0 amide bonds. The van der Waals surface area contributed by atoms with Gasteiger partial charge in [0, 0.05) is 17.8 Å². The van der Waals surface area contributed by atoms with Crippen molar-refractivity contribution in [3.05, 3.63) is 72.9 Å². The molecule has 140 valence electrons. The van der Waals surface area contributed by atoms with Crippen LogP contribution in [-0.2, 0) is 14.2 Å². The summed E-state index contributed by atoms with van der Waals surface area (Å²) in [5.41, 5.74) is 5.92. The second-order valence-electron chi connectivity index (χ2n) is 7.21. The van der Waals surface area contributed by atoms with Crippen molar-refractivity contribution >= 4 is 0 Å². The lowest BCUT2D eigenvalue weighted by atomic mass is 10.0. The summed E-state index contributed by atoms with van der Waals surface area (Å²) in [7, 11) is 0. The van der Waals surface area contributed by atoms with E-state index in [9.17, 15) is 0 Å². The molecule has 0 saturated carbocycles. The second-order valence-corrected chi connectivity index (χ2v) is 7.21. The number of ether oxygens (including phenoxy) is 3. The summed E-state index contributed by atoms with van der Waals surface area (Å²) in [5, 5.41) is 0. The summed E-state index contributed by atoms with van der Waals surface area (Å²) in [6.07, 6.45) is 25.0. The van der Waals surface area contributed by atoms with Crippen LogP contribution in [0, 0.1) is 17.8 Å². The molecule has 0 spiro atoms. The van der Waals surface area contributed by atoms with Gasteiger partial charge in [0.05, 0.1) is 45.2 Å².